The Bertz CT molecular complexity index is 739. The number of H-pyrrole nitrogens is 1. The number of anilines is 1. The topological polar surface area (TPSA) is 118 Å². The molecule has 23 heavy (non-hydrogen) atoms. The molecule has 1 fully saturated rings. The molecule has 7 heteroatoms. The van der Waals surface area contributed by atoms with Gasteiger partial charge >= 0.3 is 0 Å². The summed E-state index contributed by atoms with van der Waals surface area (Å²) in [6.07, 6.45) is 1.72. The summed E-state index contributed by atoms with van der Waals surface area (Å²) in [5, 5.41) is 2.67. The SMILES string of the molecule is CC.Cc1nc2cccc(N)c2c(=O)[nH]1.O=C1CCCC(=O)N1. The lowest BCUT2D eigenvalue weighted by Crippen LogP contribution is -2.33. The van der Waals surface area contributed by atoms with Gasteiger partial charge in [-0.05, 0) is 25.5 Å². The first-order valence-corrected chi connectivity index (χ1v) is 7.55. The summed E-state index contributed by atoms with van der Waals surface area (Å²) in [6, 6.07) is 5.24. The standard InChI is InChI=1S/C9H9N3O.C5H7NO2.C2H6/c1-5-11-7-4-2-3-6(10)8(7)9(13)12-5;7-4-2-1-3-5(8)6-4;1-2/h2-4H,10H2,1H3,(H,11,12,13);1-3H2,(H,6,7,8);1-2H3. The summed E-state index contributed by atoms with van der Waals surface area (Å²) < 4.78 is 0. The van der Waals surface area contributed by atoms with Crippen LogP contribution in [0.4, 0.5) is 5.69 Å². The first kappa shape index (κ1) is 18.3. The van der Waals surface area contributed by atoms with Gasteiger partial charge in [0.15, 0.2) is 0 Å². The van der Waals surface area contributed by atoms with Crippen molar-refractivity contribution in [3.8, 4) is 0 Å². The fraction of sp³-hybridized carbons (Fsp3) is 0.375. The van der Waals surface area contributed by atoms with Crippen LogP contribution < -0.4 is 16.6 Å². The van der Waals surface area contributed by atoms with E-state index < -0.39 is 0 Å². The lowest BCUT2D eigenvalue weighted by Gasteiger charge is -2.07. The molecule has 2 heterocycles. The first-order valence-electron chi connectivity index (χ1n) is 7.55. The van der Waals surface area contributed by atoms with Crippen LogP contribution in [0.2, 0.25) is 0 Å². The normalized spacial score (nSPS) is 13.3. The molecule has 124 valence electrons. The fourth-order valence-corrected chi connectivity index (χ4v) is 2.02. The number of hydrogen-bond acceptors (Lipinski definition) is 5. The Kier molecular flexibility index (Phi) is 6.92. The van der Waals surface area contributed by atoms with Gasteiger partial charge in [-0.1, -0.05) is 19.9 Å². The zero-order valence-corrected chi connectivity index (χ0v) is 13.6. The summed E-state index contributed by atoms with van der Waals surface area (Å²) in [4.78, 5) is 38.9. The van der Waals surface area contributed by atoms with Crippen LogP contribution in [0.5, 0.6) is 0 Å². The van der Waals surface area contributed by atoms with Crippen LogP contribution >= 0.6 is 0 Å². The molecule has 1 saturated heterocycles. The minimum atomic E-state index is -0.180. The molecule has 4 N–H and O–H groups in total. The Morgan fingerprint density at radius 2 is 1.70 bits per heavy atom. The van der Waals surface area contributed by atoms with E-state index in [1.165, 1.54) is 0 Å². The van der Waals surface area contributed by atoms with E-state index in [4.69, 9.17) is 5.73 Å². The van der Waals surface area contributed by atoms with Gasteiger partial charge < -0.3 is 10.7 Å². The highest BCUT2D eigenvalue weighted by atomic mass is 16.2. The number of piperidine rings is 1. The van der Waals surface area contributed by atoms with E-state index in [2.05, 4.69) is 15.3 Å². The van der Waals surface area contributed by atoms with Crippen LogP contribution in [-0.2, 0) is 9.59 Å². The summed E-state index contributed by atoms with van der Waals surface area (Å²) >= 11 is 0. The highest BCUT2D eigenvalue weighted by Crippen LogP contribution is 2.13. The number of nitrogens with two attached hydrogens (primary N) is 1. The Balaban J connectivity index is 0.000000228. The Hall–Kier alpha value is -2.70. The maximum Gasteiger partial charge on any atom is 0.260 e. The van der Waals surface area contributed by atoms with Gasteiger partial charge in [-0.2, -0.15) is 0 Å². The van der Waals surface area contributed by atoms with Gasteiger partial charge in [0.05, 0.1) is 10.9 Å². The van der Waals surface area contributed by atoms with E-state index in [1.54, 1.807) is 25.1 Å². The van der Waals surface area contributed by atoms with Crippen LogP contribution in [0.25, 0.3) is 10.9 Å². The van der Waals surface area contributed by atoms with E-state index in [-0.39, 0.29) is 17.4 Å². The highest BCUT2D eigenvalue weighted by Gasteiger charge is 2.13. The number of carbonyl (C=O) groups is 2. The number of rotatable bonds is 0. The van der Waals surface area contributed by atoms with Crippen molar-refractivity contribution in [2.24, 2.45) is 0 Å². The number of carbonyl (C=O) groups excluding carboxylic acids is 2. The van der Waals surface area contributed by atoms with Gasteiger partial charge in [0, 0.05) is 18.5 Å². The number of aromatic nitrogens is 2. The molecule has 2 aromatic rings. The molecule has 0 saturated carbocycles. The van der Waals surface area contributed by atoms with Crippen molar-refractivity contribution in [3.05, 3.63) is 34.4 Å². The van der Waals surface area contributed by atoms with E-state index >= 15 is 0 Å². The number of nitrogen functional groups attached to an aromatic ring is 1. The quantitative estimate of drug-likeness (QED) is 0.504. The number of hydrogen-bond donors (Lipinski definition) is 3. The van der Waals surface area contributed by atoms with Crippen molar-refractivity contribution in [1.82, 2.24) is 15.3 Å². The first-order chi connectivity index (χ1) is 11.0. The van der Waals surface area contributed by atoms with Crippen molar-refractivity contribution >= 4 is 28.4 Å². The van der Waals surface area contributed by atoms with Crippen molar-refractivity contribution in [2.45, 2.75) is 40.0 Å². The Morgan fingerprint density at radius 1 is 1.09 bits per heavy atom. The molecule has 0 bridgehead atoms. The zero-order chi connectivity index (χ0) is 17.4. The average Bonchev–Trinajstić information content (AvgIpc) is 2.49. The lowest BCUT2D eigenvalue weighted by molar-refractivity contribution is -0.132. The number of fused-ring (bicyclic) bond motifs is 1. The molecule has 0 spiro atoms. The largest absolute Gasteiger partial charge is 0.398 e. The van der Waals surface area contributed by atoms with Crippen LogP contribution in [-0.4, -0.2) is 21.8 Å². The maximum atomic E-state index is 11.4. The van der Waals surface area contributed by atoms with E-state index in [1.807, 2.05) is 13.8 Å². The predicted molar refractivity (Wildman–Crippen MR) is 89.9 cm³/mol. The summed E-state index contributed by atoms with van der Waals surface area (Å²) in [5.41, 5.74) is 6.57. The van der Waals surface area contributed by atoms with Crippen LogP contribution in [0.1, 0.15) is 38.9 Å². The van der Waals surface area contributed by atoms with Crippen molar-refractivity contribution in [1.29, 1.82) is 0 Å². The second-order valence-electron chi connectivity index (χ2n) is 4.72. The minimum Gasteiger partial charge on any atom is -0.398 e. The van der Waals surface area contributed by atoms with E-state index in [0.717, 1.165) is 0 Å². The summed E-state index contributed by atoms with van der Waals surface area (Å²) in [7, 11) is 0. The Morgan fingerprint density at radius 3 is 2.22 bits per heavy atom. The molecule has 0 atom stereocenters. The molecule has 0 unspecified atom stereocenters. The lowest BCUT2D eigenvalue weighted by atomic mass is 10.1. The van der Waals surface area contributed by atoms with Gasteiger partial charge in [0.25, 0.3) is 5.56 Å². The summed E-state index contributed by atoms with van der Waals surface area (Å²) in [5.74, 6) is 0.325. The van der Waals surface area contributed by atoms with E-state index in [9.17, 15) is 14.4 Å². The number of imide groups is 1. The maximum absolute atomic E-state index is 11.4. The van der Waals surface area contributed by atoms with Gasteiger partial charge in [-0.25, -0.2) is 4.98 Å². The van der Waals surface area contributed by atoms with Crippen LogP contribution in [0, 0.1) is 6.92 Å². The van der Waals surface area contributed by atoms with Gasteiger partial charge in [-0.3, -0.25) is 19.7 Å². The summed E-state index contributed by atoms with van der Waals surface area (Å²) in [6.45, 7) is 5.74. The molecule has 1 aromatic carbocycles. The van der Waals surface area contributed by atoms with Crippen LogP contribution in [0.15, 0.2) is 23.0 Å². The fourth-order valence-electron chi connectivity index (χ4n) is 2.02. The van der Waals surface area contributed by atoms with Crippen LogP contribution in [0.3, 0.4) is 0 Å². The van der Waals surface area contributed by atoms with Gasteiger partial charge in [0.1, 0.15) is 5.82 Å². The number of nitrogens with zero attached hydrogens (tertiary/aromatic N) is 1. The molecule has 3 rings (SSSR count). The van der Waals surface area contributed by atoms with Crippen molar-refractivity contribution in [2.75, 3.05) is 5.73 Å². The second-order valence-corrected chi connectivity index (χ2v) is 4.72. The third-order valence-corrected chi connectivity index (χ3v) is 2.97. The molecular weight excluding hydrogens is 296 g/mol. The van der Waals surface area contributed by atoms with Gasteiger partial charge in [0.2, 0.25) is 11.8 Å². The third kappa shape index (κ3) is 5.21. The van der Waals surface area contributed by atoms with Crippen molar-refractivity contribution in [3.63, 3.8) is 0 Å². The van der Waals surface area contributed by atoms with E-state index in [0.29, 0.717) is 41.7 Å². The average molecular weight is 318 g/mol. The number of aromatic amines is 1. The second kappa shape index (κ2) is 8.67. The van der Waals surface area contributed by atoms with Crippen molar-refractivity contribution < 1.29 is 9.59 Å². The molecule has 1 aromatic heterocycles. The minimum absolute atomic E-state index is 0.138. The molecule has 1 aliphatic heterocycles. The number of aryl methyl sites for hydroxylation is 1. The smallest absolute Gasteiger partial charge is 0.260 e. The third-order valence-electron chi connectivity index (χ3n) is 2.97. The number of nitrogens with one attached hydrogen (secondary N) is 2. The number of benzene rings is 1. The molecule has 2 amide bonds. The Labute approximate surface area is 134 Å². The predicted octanol–water partition coefficient (Wildman–Crippen LogP) is 1.65. The monoisotopic (exact) mass is 318 g/mol. The molecular formula is C16H22N4O3. The molecule has 0 aliphatic carbocycles. The van der Waals surface area contributed by atoms with Gasteiger partial charge in [-0.15, -0.1) is 0 Å². The highest BCUT2D eigenvalue weighted by molar-refractivity contribution is 5.97. The molecule has 1 aliphatic rings. The zero-order valence-electron chi connectivity index (χ0n) is 13.6. The molecule has 7 nitrogen and oxygen atoms in total. The number of amides is 2. The molecule has 0 radical (unpaired) electrons.